The van der Waals surface area contributed by atoms with Crippen molar-refractivity contribution in [3.05, 3.63) is 46.5 Å². The second-order valence-electron chi connectivity index (χ2n) is 6.78. The van der Waals surface area contributed by atoms with Crippen LogP contribution in [0.25, 0.3) is 10.2 Å². The predicted octanol–water partition coefficient (Wildman–Crippen LogP) is 2.32. The number of ether oxygens (including phenoxy) is 2. The molecule has 1 aliphatic heterocycles. The Morgan fingerprint density at radius 2 is 2.03 bits per heavy atom. The van der Waals surface area contributed by atoms with Crippen LogP contribution in [0.3, 0.4) is 0 Å². The highest BCUT2D eigenvalue weighted by molar-refractivity contribution is 7.89. The first-order valence-corrected chi connectivity index (χ1v) is 11.4. The summed E-state index contributed by atoms with van der Waals surface area (Å²) >= 11 is 1.33. The van der Waals surface area contributed by atoms with Crippen LogP contribution >= 0.6 is 11.3 Å². The molecule has 3 heterocycles. The molecule has 10 heteroatoms. The van der Waals surface area contributed by atoms with Gasteiger partial charge in [-0.05, 0) is 30.7 Å². The number of aromatic nitrogens is 2. The normalized spacial score (nSPS) is 15.7. The highest BCUT2D eigenvalue weighted by Gasteiger charge is 2.26. The Kier molecular flexibility index (Phi) is 5.43. The second-order valence-corrected chi connectivity index (χ2v) is 9.75. The molecule has 0 bridgehead atoms. The molecule has 154 valence electrons. The van der Waals surface area contributed by atoms with Gasteiger partial charge in [-0.3, -0.25) is 4.68 Å². The van der Waals surface area contributed by atoms with E-state index in [9.17, 15) is 13.2 Å². The number of carbonyl (C=O) groups excluding carboxylic acids is 1. The minimum atomic E-state index is -3.59. The third-order valence-corrected chi connectivity index (χ3v) is 7.85. The number of nitrogens with zero attached hydrogens (tertiary/aromatic N) is 3. The van der Waals surface area contributed by atoms with Gasteiger partial charge in [0.25, 0.3) is 0 Å². The maximum absolute atomic E-state index is 12.8. The van der Waals surface area contributed by atoms with Crippen molar-refractivity contribution in [1.29, 1.82) is 0 Å². The molecule has 1 fully saturated rings. The number of carbonyl (C=O) groups is 1. The third-order valence-electron chi connectivity index (χ3n) is 4.77. The summed E-state index contributed by atoms with van der Waals surface area (Å²) in [5.41, 5.74) is 1.48. The standard InChI is InChI=1S/C19H21N3O5S2/c1-13-16-11-17(28-18(16)21(2)20-13)19(23)27-12-14-4-3-5-15(10-14)29(24,25)22-6-8-26-9-7-22/h3-5,10-11H,6-9,12H2,1-2H3. The Morgan fingerprint density at radius 1 is 1.28 bits per heavy atom. The van der Waals surface area contributed by atoms with Crippen LogP contribution in [-0.2, 0) is 33.2 Å². The summed E-state index contributed by atoms with van der Waals surface area (Å²) in [6.07, 6.45) is 0. The minimum absolute atomic E-state index is 0.00319. The average molecular weight is 436 g/mol. The summed E-state index contributed by atoms with van der Waals surface area (Å²) in [7, 11) is -1.75. The van der Waals surface area contributed by atoms with E-state index in [1.807, 2.05) is 14.0 Å². The van der Waals surface area contributed by atoms with Gasteiger partial charge < -0.3 is 9.47 Å². The van der Waals surface area contributed by atoms with E-state index in [-0.39, 0.29) is 11.5 Å². The quantitative estimate of drug-likeness (QED) is 0.572. The lowest BCUT2D eigenvalue weighted by Gasteiger charge is -2.26. The average Bonchev–Trinajstić information content (AvgIpc) is 3.28. The number of fused-ring (bicyclic) bond motifs is 1. The Morgan fingerprint density at radius 3 is 2.76 bits per heavy atom. The highest BCUT2D eigenvalue weighted by Crippen LogP contribution is 2.28. The number of rotatable bonds is 5. The zero-order valence-electron chi connectivity index (χ0n) is 16.1. The molecular weight excluding hydrogens is 414 g/mol. The molecule has 1 aromatic carbocycles. The summed E-state index contributed by atoms with van der Waals surface area (Å²) in [5.74, 6) is -0.438. The Labute approximate surface area is 172 Å². The molecule has 0 atom stereocenters. The molecule has 0 spiro atoms. The maximum atomic E-state index is 12.8. The molecule has 0 radical (unpaired) electrons. The molecule has 0 N–H and O–H groups in total. The molecule has 1 saturated heterocycles. The molecule has 0 amide bonds. The smallest absolute Gasteiger partial charge is 0.348 e. The van der Waals surface area contributed by atoms with Gasteiger partial charge in [-0.2, -0.15) is 9.40 Å². The molecule has 8 nitrogen and oxygen atoms in total. The van der Waals surface area contributed by atoms with Crippen molar-refractivity contribution >= 4 is 37.5 Å². The van der Waals surface area contributed by atoms with E-state index in [1.54, 1.807) is 35.0 Å². The number of esters is 1. The lowest BCUT2D eigenvalue weighted by molar-refractivity contribution is 0.0478. The van der Waals surface area contributed by atoms with Gasteiger partial charge in [0.15, 0.2) is 0 Å². The number of thiophene rings is 1. The van der Waals surface area contributed by atoms with Crippen molar-refractivity contribution < 1.29 is 22.7 Å². The number of sulfonamides is 1. The lowest BCUT2D eigenvalue weighted by atomic mass is 10.2. The minimum Gasteiger partial charge on any atom is -0.457 e. The van der Waals surface area contributed by atoms with Gasteiger partial charge in [-0.15, -0.1) is 11.3 Å². The van der Waals surface area contributed by atoms with Crippen LogP contribution < -0.4 is 0 Å². The highest BCUT2D eigenvalue weighted by atomic mass is 32.2. The van der Waals surface area contributed by atoms with Crippen LogP contribution in [0.4, 0.5) is 0 Å². The number of hydrogen-bond acceptors (Lipinski definition) is 7. The summed E-state index contributed by atoms with van der Waals surface area (Å²) in [6.45, 7) is 3.34. The number of benzene rings is 1. The molecule has 4 rings (SSSR count). The number of hydrogen-bond donors (Lipinski definition) is 0. The molecule has 1 aliphatic rings. The van der Waals surface area contributed by atoms with E-state index in [0.29, 0.717) is 36.7 Å². The fraction of sp³-hybridized carbons (Fsp3) is 0.368. The first-order chi connectivity index (χ1) is 13.9. The van der Waals surface area contributed by atoms with E-state index in [0.717, 1.165) is 15.9 Å². The molecule has 2 aromatic heterocycles. The Hall–Kier alpha value is -2.27. The van der Waals surface area contributed by atoms with E-state index >= 15 is 0 Å². The maximum Gasteiger partial charge on any atom is 0.348 e. The summed E-state index contributed by atoms with van der Waals surface area (Å²) < 4.78 is 39.4. The van der Waals surface area contributed by atoms with Crippen molar-refractivity contribution in [3.8, 4) is 0 Å². The van der Waals surface area contributed by atoms with Crippen molar-refractivity contribution in [1.82, 2.24) is 14.1 Å². The van der Waals surface area contributed by atoms with Gasteiger partial charge in [0, 0.05) is 25.5 Å². The van der Waals surface area contributed by atoms with Crippen LogP contribution in [0.15, 0.2) is 35.2 Å². The van der Waals surface area contributed by atoms with Gasteiger partial charge in [0.1, 0.15) is 16.3 Å². The predicted molar refractivity (Wildman–Crippen MR) is 108 cm³/mol. The van der Waals surface area contributed by atoms with Crippen LogP contribution in [0, 0.1) is 6.92 Å². The Bertz CT molecular complexity index is 1130. The monoisotopic (exact) mass is 435 g/mol. The fourth-order valence-electron chi connectivity index (χ4n) is 3.26. The largest absolute Gasteiger partial charge is 0.457 e. The molecule has 0 saturated carbocycles. The van der Waals surface area contributed by atoms with E-state index < -0.39 is 16.0 Å². The fourth-order valence-corrected chi connectivity index (χ4v) is 5.75. The molecule has 3 aromatic rings. The van der Waals surface area contributed by atoms with Gasteiger partial charge in [0.2, 0.25) is 10.0 Å². The SMILES string of the molecule is Cc1nn(C)c2sc(C(=O)OCc3cccc(S(=O)(=O)N4CCOCC4)c3)cc12. The van der Waals surface area contributed by atoms with Crippen molar-refractivity contribution in [3.63, 3.8) is 0 Å². The van der Waals surface area contributed by atoms with Crippen molar-refractivity contribution in [2.45, 2.75) is 18.4 Å². The van der Waals surface area contributed by atoms with Gasteiger partial charge >= 0.3 is 5.97 Å². The van der Waals surface area contributed by atoms with Crippen LogP contribution in [0.2, 0.25) is 0 Å². The first-order valence-electron chi connectivity index (χ1n) is 9.13. The van der Waals surface area contributed by atoms with E-state index in [2.05, 4.69) is 5.10 Å². The van der Waals surface area contributed by atoms with E-state index in [4.69, 9.17) is 9.47 Å². The summed E-state index contributed by atoms with van der Waals surface area (Å²) in [4.78, 5) is 14.1. The molecular formula is C19H21N3O5S2. The van der Waals surface area contributed by atoms with Gasteiger partial charge in [-0.1, -0.05) is 12.1 Å². The first kappa shape index (κ1) is 20.0. The zero-order valence-corrected chi connectivity index (χ0v) is 17.8. The second kappa shape index (κ2) is 7.86. The summed E-state index contributed by atoms with van der Waals surface area (Å²) in [5, 5.41) is 5.26. The molecule has 0 aliphatic carbocycles. The summed E-state index contributed by atoms with van der Waals surface area (Å²) in [6, 6.07) is 8.29. The van der Waals surface area contributed by atoms with E-state index in [1.165, 1.54) is 15.6 Å². The number of morpholine rings is 1. The molecule has 29 heavy (non-hydrogen) atoms. The Balaban J connectivity index is 1.47. The number of aryl methyl sites for hydroxylation is 2. The van der Waals surface area contributed by atoms with Crippen LogP contribution in [0.1, 0.15) is 20.9 Å². The van der Waals surface area contributed by atoms with Gasteiger partial charge in [0.05, 0.1) is 23.8 Å². The van der Waals surface area contributed by atoms with Gasteiger partial charge in [-0.25, -0.2) is 13.2 Å². The van der Waals surface area contributed by atoms with Crippen molar-refractivity contribution in [2.75, 3.05) is 26.3 Å². The van der Waals surface area contributed by atoms with Crippen LogP contribution in [-0.4, -0.2) is 54.8 Å². The van der Waals surface area contributed by atoms with Crippen molar-refractivity contribution in [2.24, 2.45) is 7.05 Å². The topological polar surface area (TPSA) is 90.7 Å². The zero-order chi connectivity index (χ0) is 20.6. The molecule has 0 unspecified atom stereocenters. The lowest BCUT2D eigenvalue weighted by Crippen LogP contribution is -2.40. The van der Waals surface area contributed by atoms with Crippen LogP contribution in [0.5, 0.6) is 0 Å². The third kappa shape index (κ3) is 3.93.